The molecule has 2 aromatic rings. The van der Waals surface area contributed by atoms with Crippen molar-refractivity contribution in [2.24, 2.45) is 0 Å². The standard InChI is InChI=1S/C11H11ClN2OS/c1-14(2)11(15)10-9(13)8-6(12)4-3-5-7(8)16-10/h3-5H,13H2,1-2H3. The summed E-state index contributed by atoms with van der Waals surface area (Å²) in [6, 6.07) is 5.54. The van der Waals surface area contributed by atoms with E-state index in [-0.39, 0.29) is 5.91 Å². The van der Waals surface area contributed by atoms with Gasteiger partial charge in [0.1, 0.15) is 4.88 Å². The first-order valence-corrected chi connectivity index (χ1v) is 5.90. The highest BCUT2D eigenvalue weighted by Gasteiger charge is 2.18. The summed E-state index contributed by atoms with van der Waals surface area (Å²) in [6.07, 6.45) is 0. The van der Waals surface area contributed by atoms with E-state index in [0.29, 0.717) is 15.6 Å². The van der Waals surface area contributed by atoms with Crippen molar-refractivity contribution in [3.05, 3.63) is 28.1 Å². The van der Waals surface area contributed by atoms with Gasteiger partial charge >= 0.3 is 0 Å². The summed E-state index contributed by atoms with van der Waals surface area (Å²) in [5.41, 5.74) is 6.43. The van der Waals surface area contributed by atoms with Crippen LogP contribution >= 0.6 is 22.9 Å². The maximum Gasteiger partial charge on any atom is 0.265 e. The lowest BCUT2D eigenvalue weighted by Crippen LogP contribution is -2.21. The van der Waals surface area contributed by atoms with Crippen LogP contribution in [0.2, 0.25) is 5.02 Å². The van der Waals surface area contributed by atoms with Gasteiger partial charge in [0.2, 0.25) is 0 Å². The average molecular weight is 255 g/mol. The number of nitrogens with two attached hydrogens (primary N) is 1. The van der Waals surface area contributed by atoms with E-state index in [4.69, 9.17) is 17.3 Å². The van der Waals surface area contributed by atoms with Gasteiger partial charge in [0.15, 0.2) is 0 Å². The Hall–Kier alpha value is -1.26. The molecule has 0 saturated carbocycles. The lowest BCUT2D eigenvalue weighted by Gasteiger charge is -2.08. The number of halogens is 1. The number of nitrogens with zero attached hydrogens (tertiary/aromatic N) is 1. The molecule has 0 bridgehead atoms. The molecule has 1 amide bonds. The molecule has 0 aliphatic rings. The van der Waals surface area contributed by atoms with Crippen molar-refractivity contribution in [2.75, 3.05) is 19.8 Å². The molecule has 0 unspecified atom stereocenters. The molecular formula is C11H11ClN2OS. The van der Waals surface area contributed by atoms with Crippen LogP contribution in [-0.2, 0) is 0 Å². The Labute approximate surface area is 102 Å². The van der Waals surface area contributed by atoms with E-state index in [1.165, 1.54) is 16.2 Å². The van der Waals surface area contributed by atoms with Gasteiger partial charge in [-0.05, 0) is 12.1 Å². The third-order valence-corrected chi connectivity index (χ3v) is 3.78. The molecular weight excluding hydrogens is 244 g/mol. The summed E-state index contributed by atoms with van der Waals surface area (Å²) in [5, 5.41) is 1.36. The zero-order chi connectivity index (χ0) is 11.9. The number of thiophene rings is 1. The van der Waals surface area contributed by atoms with Crippen molar-refractivity contribution in [3.63, 3.8) is 0 Å². The quantitative estimate of drug-likeness (QED) is 0.851. The molecule has 0 aliphatic heterocycles. The van der Waals surface area contributed by atoms with Gasteiger partial charge in [-0.2, -0.15) is 0 Å². The number of carbonyl (C=O) groups is 1. The lowest BCUT2D eigenvalue weighted by molar-refractivity contribution is 0.0833. The van der Waals surface area contributed by atoms with Crippen LogP contribution in [0, 0.1) is 0 Å². The highest BCUT2D eigenvalue weighted by atomic mass is 35.5. The Bertz CT molecular complexity index is 562. The highest BCUT2D eigenvalue weighted by Crippen LogP contribution is 2.38. The minimum Gasteiger partial charge on any atom is -0.397 e. The van der Waals surface area contributed by atoms with Crippen molar-refractivity contribution >= 4 is 44.6 Å². The number of benzene rings is 1. The number of amides is 1. The molecule has 5 heteroatoms. The fraction of sp³-hybridized carbons (Fsp3) is 0.182. The Balaban J connectivity index is 2.70. The average Bonchev–Trinajstić information content (AvgIpc) is 2.56. The molecule has 0 atom stereocenters. The van der Waals surface area contributed by atoms with Crippen molar-refractivity contribution in [3.8, 4) is 0 Å². The second kappa shape index (κ2) is 3.96. The van der Waals surface area contributed by atoms with E-state index in [0.717, 1.165) is 10.1 Å². The van der Waals surface area contributed by atoms with E-state index in [2.05, 4.69) is 0 Å². The molecule has 3 nitrogen and oxygen atoms in total. The number of rotatable bonds is 1. The molecule has 0 spiro atoms. The number of hydrogen-bond acceptors (Lipinski definition) is 3. The fourth-order valence-electron chi connectivity index (χ4n) is 1.49. The van der Waals surface area contributed by atoms with E-state index in [9.17, 15) is 4.79 Å². The van der Waals surface area contributed by atoms with Gasteiger partial charge in [0, 0.05) is 24.2 Å². The van der Waals surface area contributed by atoms with Crippen LogP contribution in [0.3, 0.4) is 0 Å². The smallest absolute Gasteiger partial charge is 0.265 e. The monoisotopic (exact) mass is 254 g/mol. The van der Waals surface area contributed by atoms with Gasteiger partial charge in [0.25, 0.3) is 5.91 Å². The fourth-order valence-corrected chi connectivity index (χ4v) is 2.99. The van der Waals surface area contributed by atoms with Crippen LogP contribution < -0.4 is 5.73 Å². The maximum absolute atomic E-state index is 11.9. The lowest BCUT2D eigenvalue weighted by atomic mass is 10.2. The van der Waals surface area contributed by atoms with E-state index < -0.39 is 0 Å². The Morgan fingerprint density at radius 1 is 1.44 bits per heavy atom. The molecule has 0 aliphatic carbocycles. The summed E-state index contributed by atoms with van der Waals surface area (Å²) >= 11 is 7.44. The molecule has 1 heterocycles. The van der Waals surface area contributed by atoms with Crippen LogP contribution in [0.5, 0.6) is 0 Å². The van der Waals surface area contributed by atoms with Crippen molar-refractivity contribution in [1.82, 2.24) is 4.90 Å². The summed E-state index contributed by atoms with van der Waals surface area (Å²) < 4.78 is 0.940. The highest BCUT2D eigenvalue weighted by molar-refractivity contribution is 7.21. The molecule has 2 N–H and O–H groups in total. The van der Waals surface area contributed by atoms with Gasteiger partial charge in [-0.25, -0.2) is 0 Å². The van der Waals surface area contributed by atoms with Gasteiger partial charge in [-0.3, -0.25) is 4.79 Å². The van der Waals surface area contributed by atoms with Crippen molar-refractivity contribution in [2.45, 2.75) is 0 Å². The number of nitrogen functional groups attached to an aromatic ring is 1. The zero-order valence-corrected chi connectivity index (χ0v) is 10.5. The molecule has 0 fully saturated rings. The predicted molar refractivity (Wildman–Crippen MR) is 69.3 cm³/mol. The van der Waals surface area contributed by atoms with Gasteiger partial charge in [-0.15, -0.1) is 11.3 Å². The third kappa shape index (κ3) is 1.64. The predicted octanol–water partition coefficient (Wildman–Crippen LogP) is 2.84. The topological polar surface area (TPSA) is 46.3 Å². The largest absolute Gasteiger partial charge is 0.397 e. The summed E-state index contributed by atoms with van der Waals surface area (Å²) in [6.45, 7) is 0. The van der Waals surface area contributed by atoms with E-state index in [1.54, 1.807) is 20.2 Å². The minimum atomic E-state index is -0.0882. The van der Waals surface area contributed by atoms with Gasteiger partial charge in [-0.1, -0.05) is 17.7 Å². The van der Waals surface area contributed by atoms with E-state index >= 15 is 0 Å². The Kier molecular flexibility index (Phi) is 2.78. The second-order valence-corrected chi connectivity index (χ2v) is 5.12. The molecule has 84 valence electrons. The molecule has 0 saturated heterocycles. The van der Waals surface area contributed by atoms with Crippen LogP contribution in [0.25, 0.3) is 10.1 Å². The van der Waals surface area contributed by atoms with Crippen LogP contribution in [0.4, 0.5) is 5.69 Å². The molecule has 16 heavy (non-hydrogen) atoms. The summed E-state index contributed by atoms with van der Waals surface area (Å²) in [4.78, 5) is 13.9. The molecule has 1 aromatic carbocycles. The summed E-state index contributed by atoms with van der Waals surface area (Å²) in [5.74, 6) is -0.0882. The van der Waals surface area contributed by atoms with Crippen molar-refractivity contribution < 1.29 is 4.79 Å². The number of anilines is 1. The molecule has 1 aromatic heterocycles. The minimum absolute atomic E-state index is 0.0882. The number of fused-ring (bicyclic) bond motifs is 1. The first-order valence-electron chi connectivity index (χ1n) is 4.70. The van der Waals surface area contributed by atoms with Gasteiger partial charge in [0.05, 0.1) is 10.7 Å². The molecule has 0 radical (unpaired) electrons. The van der Waals surface area contributed by atoms with Crippen LogP contribution in [-0.4, -0.2) is 24.9 Å². The number of carbonyl (C=O) groups excluding carboxylic acids is 1. The zero-order valence-electron chi connectivity index (χ0n) is 8.95. The maximum atomic E-state index is 11.9. The molecule has 2 rings (SSSR count). The Morgan fingerprint density at radius 3 is 2.69 bits per heavy atom. The first-order chi connectivity index (χ1) is 7.52. The van der Waals surface area contributed by atoms with Crippen LogP contribution in [0.1, 0.15) is 9.67 Å². The summed E-state index contributed by atoms with van der Waals surface area (Å²) in [7, 11) is 3.40. The normalized spacial score (nSPS) is 10.7. The second-order valence-electron chi connectivity index (χ2n) is 3.66. The van der Waals surface area contributed by atoms with E-state index in [1.807, 2.05) is 12.1 Å². The number of hydrogen-bond donors (Lipinski definition) is 1. The first kappa shape index (κ1) is 11.2. The van der Waals surface area contributed by atoms with Crippen molar-refractivity contribution in [1.29, 1.82) is 0 Å². The van der Waals surface area contributed by atoms with Crippen LogP contribution in [0.15, 0.2) is 18.2 Å². The van der Waals surface area contributed by atoms with Gasteiger partial charge < -0.3 is 10.6 Å². The Morgan fingerprint density at radius 2 is 2.12 bits per heavy atom. The SMILES string of the molecule is CN(C)C(=O)c1sc2cccc(Cl)c2c1N. The third-order valence-electron chi connectivity index (χ3n) is 2.30.